The Kier molecular flexibility index (Phi) is 10.6. The molecule has 1 aliphatic carbocycles. The van der Waals surface area contributed by atoms with Gasteiger partial charge in [-0.15, -0.1) is 0 Å². The van der Waals surface area contributed by atoms with Crippen LogP contribution in [-0.4, -0.2) is 68.4 Å². The molecule has 2 aliphatic rings. The summed E-state index contributed by atoms with van der Waals surface area (Å²) in [6.07, 6.45) is -3.19. The third-order valence-electron chi connectivity index (χ3n) is 5.74. The molecule has 0 spiro atoms. The summed E-state index contributed by atoms with van der Waals surface area (Å²) in [6.45, 7) is 5.01. The molecule has 0 aromatic carbocycles. The van der Waals surface area contributed by atoms with Gasteiger partial charge in [0.2, 0.25) is 5.91 Å². The van der Waals surface area contributed by atoms with Gasteiger partial charge in [0, 0.05) is 55.7 Å². The van der Waals surface area contributed by atoms with Crippen LogP contribution in [0.4, 0.5) is 32.2 Å². The number of rotatable bonds is 3. The molecule has 0 bridgehead atoms. The van der Waals surface area contributed by atoms with Crippen molar-refractivity contribution in [1.29, 1.82) is 0 Å². The summed E-state index contributed by atoms with van der Waals surface area (Å²) in [7, 11) is 0. The van der Waals surface area contributed by atoms with E-state index in [0.717, 1.165) is 55.1 Å². The van der Waals surface area contributed by atoms with Crippen molar-refractivity contribution in [2.24, 2.45) is 5.92 Å². The molecule has 0 saturated heterocycles. The summed E-state index contributed by atoms with van der Waals surface area (Å²) in [6, 6.07) is 8.22. The van der Waals surface area contributed by atoms with Crippen molar-refractivity contribution in [2.75, 3.05) is 18.0 Å². The number of halogens is 6. The van der Waals surface area contributed by atoms with E-state index in [1.54, 1.807) is 6.20 Å². The predicted molar refractivity (Wildman–Crippen MR) is 124 cm³/mol. The van der Waals surface area contributed by atoms with Gasteiger partial charge in [-0.05, 0) is 37.5 Å². The van der Waals surface area contributed by atoms with Crippen LogP contribution in [0.15, 0.2) is 36.7 Å². The number of nitrogens with zero attached hydrogens (tertiary/aromatic N) is 4. The summed E-state index contributed by atoms with van der Waals surface area (Å²) >= 11 is 0. The Morgan fingerprint density at radius 1 is 0.974 bits per heavy atom. The molecular weight excluding hydrogens is 538 g/mol. The van der Waals surface area contributed by atoms with E-state index in [1.807, 2.05) is 30.2 Å². The third kappa shape index (κ3) is 9.72. The van der Waals surface area contributed by atoms with Gasteiger partial charge in [0.1, 0.15) is 5.82 Å². The summed E-state index contributed by atoms with van der Waals surface area (Å²) in [5, 5.41) is 14.2. The molecule has 9 nitrogen and oxygen atoms in total. The molecule has 15 heteroatoms. The van der Waals surface area contributed by atoms with E-state index in [2.05, 4.69) is 22.0 Å². The predicted octanol–water partition coefficient (Wildman–Crippen LogP) is 4.20. The second-order valence-corrected chi connectivity index (χ2v) is 8.71. The first-order valence-corrected chi connectivity index (χ1v) is 11.6. The summed E-state index contributed by atoms with van der Waals surface area (Å²) in [5.41, 5.74) is 3.31. The number of alkyl halides is 6. The number of fused-ring (bicyclic) bond motifs is 1. The van der Waals surface area contributed by atoms with E-state index >= 15 is 0 Å². The van der Waals surface area contributed by atoms with Gasteiger partial charge in [-0.2, -0.15) is 26.3 Å². The Morgan fingerprint density at radius 2 is 1.56 bits per heavy atom. The second-order valence-electron chi connectivity index (χ2n) is 8.71. The average Bonchev–Trinajstić information content (AvgIpc) is 2.98. The number of aromatic nitrogens is 2. The lowest BCUT2D eigenvalue weighted by molar-refractivity contribution is -0.193. The number of amides is 1. The minimum absolute atomic E-state index is 0.242. The van der Waals surface area contributed by atoms with Crippen LogP contribution in [0.3, 0.4) is 0 Å². The Hall–Kier alpha value is -3.91. The minimum Gasteiger partial charge on any atom is -0.475 e. The van der Waals surface area contributed by atoms with Crippen LogP contribution in [0, 0.1) is 12.8 Å². The Morgan fingerprint density at radius 3 is 2.03 bits per heavy atom. The fourth-order valence-electron chi connectivity index (χ4n) is 3.57. The number of carbonyl (C=O) groups is 3. The Bertz CT molecular complexity index is 1120. The quantitative estimate of drug-likeness (QED) is 0.532. The van der Waals surface area contributed by atoms with Crippen LogP contribution in [0.1, 0.15) is 36.1 Å². The number of hydrogen-bond donors (Lipinski definition) is 2. The van der Waals surface area contributed by atoms with Crippen molar-refractivity contribution in [3.05, 3.63) is 53.5 Å². The van der Waals surface area contributed by atoms with Crippen LogP contribution in [0.25, 0.3) is 0 Å². The maximum Gasteiger partial charge on any atom is 0.490 e. The van der Waals surface area contributed by atoms with E-state index in [4.69, 9.17) is 24.8 Å². The van der Waals surface area contributed by atoms with E-state index < -0.39 is 24.3 Å². The molecule has 0 unspecified atom stereocenters. The monoisotopic (exact) mass is 564 g/mol. The van der Waals surface area contributed by atoms with Gasteiger partial charge in [-0.1, -0.05) is 18.6 Å². The molecule has 3 heterocycles. The molecular formula is C24H26F6N4O5. The van der Waals surface area contributed by atoms with Crippen molar-refractivity contribution in [3.8, 4) is 0 Å². The lowest BCUT2D eigenvalue weighted by Crippen LogP contribution is -2.40. The van der Waals surface area contributed by atoms with Crippen molar-refractivity contribution < 1.29 is 50.9 Å². The van der Waals surface area contributed by atoms with E-state index in [9.17, 15) is 31.1 Å². The van der Waals surface area contributed by atoms with Gasteiger partial charge >= 0.3 is 24.3 Å². The largest absolute Gasteiger partial charge is 0.490 e. The minimum atomic E-state index is -5.08. The van der Waals surface area contributed by atoms with Crippen LogP contribution in [-0.2, 0) is 27.5 Å². The summed E-state index contributed by atoms with van der Waals surface area (Å²) < 4.78 is 63.5. The molecule has 0 atom stereocenters. The molecule has 1 saturated carbocycles. The van der Waals surface area contributed by atoms with Gasteiger partial charge in [0.15, 0.2) is 0 Å². The zero-order chi connectivity index (χ0) is 29.4. The number of anilines is 1. The number of pyridine rings is 2. The highest BCUT2D eigenvalue weighted by Gasteiger charge is 2.39. The van der Waals surface area contributed by atoms with Crippen molar-refractivity contribution in [3.63, 3.8) is 0 Å². The maximum atomic E-state index is 12.8. The molecule has 1 fully saturated rings. The lowest BCUT2D eigenvalue weighted by atomic mass is 9.84. The number of carboxylic acids is 2. The van der Waals surface area contributed by atoms with Gasteiger partial charge < -0.3 is 20.0 Å². The average molecular weight is 564 g/mol. The first kappa shape index (κ1) is 31.3. The molecule has 214 valence electrons. The smallest absolute Gasteiger partial charge is 0.475 e. The van der Waals surface area contributed by atoms with Crippen molar-refractivity contribution in [1.82, 2.24) is 14.9 Å². The van der Waals surface area contributed by atoms with Gasteiger partial charge in [-0.3, -0.25) is 9.78 Å². The first-order chi connectivity index (χ1) is 18.1. The number of aryl methyl sites for hydroxylation is 1. The third-order valence-corrected chi connectivity index (χ3v) is 5.74. The topological polar surface area (TPSA) is 124 Å². The number of hydrogen-bond acceptors (Lipinski definition) is 6. The van der Waals surface area contributed by atoms with Gasteiger partial charge in [-0.25, -0.2) is 14.6 Å². The molecule has 0 radical (unpaired) electrons. The lowest BCUT2D eigenvalue weighted by Gasteiger charge is -2.31. The molecule has 2 N–H and O–H groups in total. The Balaban J connectivity index is 0.000000317. The van der Waals surface area contributed by atoms with Crippen LogP contribution >= 0.6 is 0 Å². The van der Waals surface area contributed by atoms with Gasteiger partial charge in [0.05, 0.1) is 0 Å². The van der Waals surface area contributed by atoms with E-state index in [-0.39, 0.29) is 5.92 Å². The van der Waals surface area contributed by atoms with Crippen molar-refractivity contribution >= 4 is 23.7 Å². The fraction of sp³-hybridized carbons (Fsp3) is 0.458. The standard InChI is InChI=1S/C20H24N4O.2C2HF3O2/c1-15-7-8-18-14-24(20(25)17-5-2-6-17)11-10-23(19(18)22-15)13-16-4-3-9-21-12-16;2*3-2(4,5)1(6)7/h3-4,7-9,12,17H,2,5-6,10-11,13-14H2,1H3;2*(H,6,7). The maximum absolute atomic E-state index is 12.8. The van der Waals surface area contributed by atoms with E-state index in [1.165, 1.54) is 6.42 Å². The fourth-order valence-corrected chi connectivity index (χ4v) is 3.57. The molecule has 1 aliphatic heterocycles. The molecule has 2 aromatic rings. The number of carbonyl (C=O) groups excluding carboxylic acids is 1. The number of carboxylic acid groups (broad SMARTS) is 2. The SMILES string of the molecule is Cc1ccc2c(n1)N(Cc1cccnc1)CCN(C(=O)C1CCC1)C2.O=C(O)C(F)(F)F.O=C(O)C(F)(F)F. The van der Waals surface area contributed by atoms with Crippen LogP contribution < -0.4 is 4.90 Å². The number of aliphatic carboxylic acids is 2. The highest BCUT2D eigenvalue weighted by molar-refractivity contribution is 5.80. The molecule has 1 amide bonds. The van der Waals surface area contributed by atoms with Gasteiger partial charge in [0.25, 0.3) is 0 Å². The molecule has 4 rings (SSSR count). The van der Waals surface area contributed by atoms with E-state index in [0.29, 0.717) is 12.5 Å². The Labute approximate surface area is 219 Å². The second kappa shape index (κ2) is 13.2. The zero-order valence-electron chi connectivity index (χ0n) is 20.7. The highest BCUT2D eigenvalue weighted by atomic mass is 19.4. The summed E-state index contributed by atoms with van der Waals surface area (Å²) in [5.74, 6) is -3.94. The first-order valence-electron chi connectivity index (χ1n) is 11.6. The van der Waals surface area contributed by atoms with Crippen molar-refractivity contribution in [2.45, 2.75) is 51.6 Å². The molecule has 39 heavy (non-hydrogen) atoms. The normalized spacial score (nSPS) is 15.4. The van der Waals surface area contributed by atoms with Crippen LogP contribution in [0.2, 0.25) is 0 Å². The van der Waals surface area contributed by atoms with Crippen LogP contribution in [0.5, 0.6) is 0 Å². The highest BCUT2D eigenvalue weighted by Crippen LogP contribution is 2.31. The zero-order valence-corrected chi connectivity index (χ0v) is 20.7. The molecule has 2 aromatic heterocycles. The summed E-state index contributed by atoms with van der Waals surface area (Å²) in [4.78, 5) is 43.9.